The van der Waals surface area contributed by atoms with Crippen molar-refractivity contribution in [2.24, 2.45) is 40.3 Å². The number of azo groups is 2. The summed E-state index contributed by atoms with van der Waals surface area (Å²) in [4.78, 5) is 47.4. The number of methoxy groups -OCH3 is 3. The van der Waals surface area contributed by atoms with Crippen LogP contribution in [-0.4, -0.2) is 204 Å². The van der Waals surface area contributed by atoms with Gasteiger partial charge in [-0.25, -0.2) is 14.7 Å². The highest BCUT2D eigenvalue weighted by Crippen LogP contribution is 1.88. The summed E-state index contributed by atoms with van der Waals surface area (Å²) in [5.74, 6) is 5.12. The third kappa shape index (κ3) is 1570. The zero-order valence-corrected chi connectivity index (χ0v) is 61.9. The van der Waals surface area contributed by atoms with Crippen molar-refractivity contribution >= 4 is 59.6 Å². The number of hydrogen-bond donors (Lipinski definition) is 3. The van der Waals surface area contributed by atoms with Crippen molar-refractivity contribution in [2.75, 3.05) is 147 Å². The number of amides is 1. The van der Waals surface area contributed by atoms with Crippen LogP contribution in [-0.2, 0) is 28.6 Å². The first-order valence-electron chi connectivity index (χ1n) is 26.9. The van der Waals surface area contributed by atoms with Crippen molar-refractivity contribution in [3.05, 3.63) is 22.6 Å². The monoisotopic (exact) mass is 1190 g/mol. The van der Waals surface area contributed by atoms with Gasteiger partial charge in [0.2, 0.25) is 5.91 Å². The molecular formula is C59H143N13O8S. The van der Waals surface area contributed by atoms with E-state index in [2.05, 4.69) is 164 Å². The lowest BCUT2D eigenvalue weighted by Gasteiger charge is -1.86. The molecule has 0 saturated carbocycles. The first kappa shape index (κ1) is 136. The maximum Gasteiger partial charge on any atom is 0.302 e. The van der Waals surface area contributed by atoms with Crippen molar-refractivity contribution in [1.82, 2.24) is 16.0 Å². The molecule has 0 saturated heterocycles. The molecule has 3 N–H and O–H groups in total. The molecule has 0 aliphatic carbocycles. The molecule has 0 aromatic heterocycles. The van der Waals surface area contributed by atoms with Crippen LogP contribution in [0.15, 0.2) is 52.5 Å². The minimum absolute atomic E-state index is 0.00463. The Morgan fingerprint density at radius 2 is 0.778 bits per heavy atom. The summed E-state index contributed by atoms with van der Waals surface area (Å²) in [5, 5.41) is 37.4. The molecule has 0 bridgehead atoms. The Bertz CT molecular complexity index is 1080. The van der Waals surface area contributed by atoms with Crippen LogP contribution in [0.4, 0.5) is 0 Å². The smallest absolute Gasteiger partial charge is 0.302 e. The molecule has 0 heterocycles. The Kier molecular flexibility index (Phi) is 411. The molecule has 1 amide bonds. The van der Waals surface area contributed by atoms with E-state index in [0.29, 0.717) is 4.86 Å². The highest BCUT2D eigenvalue weighted by atomic mass is 32.2. The fourth-order valence-electron chi connectivity index (χ4n) is 0.233. The summed E-state index contributed by atoms with van der Waals surface area (Å²) in [6.45, 7) is 42.8. The number of hydrogen-bond acceptors (Lipinski definition) is 19. The Balaban J connectivity index is -0.0000000270. The number of carbonyl (C=O) groups excluding carboxylic acids is 3. The van der Waals surface area contributed by atoms with E-state index in [-0.39, 0.29) is 17.0 Å². The van der Waals surface area contributed by atoms with Gasteiger partial charge in [-0.05, 0) is 86.8 Å². The molecule has 0 aliphatic heterocycles. The van der Waals surface area contributed by atoms with E-state index in [4.69, 9.17) is 0 Å². The quantitative estimate of drug-likeness (QED) is 0.0349. The fraction of sp³-hybridized carbons (Fsp3) is 0.797. The van der Waals surface area contributed by atoms with E-state index < -0.39 is 0 Å². The third-order valence-corrected chi connectivity index (χ3v) is 4.40. The molecule has 0 aromatic carbocycles. The lowest BCUT2D eigenvalue weighted by atomic mass is 10.6. The number of nitrogens with zero attached hydrogens (tertiary/aromatic N) is 10. The fourth-order valence-corrected chi connectivity index (χ4v) is 0.233. The van der Waals surface area contributed by atoms with Crippen molar-refractivity contribution in [3.63, 3.8) is 0 Å². The first-order valence-corrected chi connectivity index (χ1v) is 28.1. The highest BCUT2D eigenvalue weighted by Gasteiger charge is 1.77. The summed E-state index contributed by atoms with van der Waals surface area (Å²) in [6.07, 6.45) is 18.5. The second-order valence-corrected chi connectivity index (χ2v) is 13.8. The number of allylic oxidation sites excluding steroid dienone is 2. The summed E-state index contributed by atoms with van der Waals surface area (Å²) in [5.41, 5.74) is 0. The van der Waals surface area contributed by atoms with Gasteiger partial charge in [0.1, 0.15) is 13.3 Å². The van der Waals surface area contributed by atoms with Crippen LogP contribution >= 0.6 is 11.8 Å². The SMILES string of the molecule is C/C=C/C.C/C=[N+](/C)[O-].CC#CC.CC=NC.CCC.CCC.CCC.CCC.CCC.CCNC.CCOC.CN=C=NC.CN=CC=NC.CN=NC.CN=[N+](C)[O-].CNC.CNC(C)=O.COC.COC(C)=O.CSC(C)=O. The number of rotatable bonds is 3. The topological polar surface area (TPSA) is 266 Å². The molecule has 0 unspecified atom stereocenters. The summed E-state index contributed by atoms with van der Waals surface area (Å²) in [6, 6.07) is 2.36. The summed E-state index contributed by atoms with van der Waals surface area (Å²) < 4.78 is 13.7. The molecule has 0 fully saturated rings. The number of aliphatic imine (C=N–C) groups is 5. The van der Waals surface area contributed by atoms with Crippen molar-refractivity contribution in [3.8, 4) is 11.8 Å². The van der Waals surface area contributed by atoms with Crippen LogP contribution in [0.2, 0.25) is 0 Å². The third-order valence-electron chi connectivity index (χ3n) is 3.82. The standard InChI is InChI=1S/C4H8N2.C4H8.C4H6.C3H6N2.2C3H7NO.C3H9N.C3H7N.C3H6O2.C3H6OS.C3H8O.5C3H8.C2H6N2O.C2H6N2.C2H7N.C2H6O/c1-5-3-4-6-2;2*1-3-4-2;1-4-3-5-2;1-3-4(2)5;1-3(5)4-2;2*1-3-4-2;2*1-3(4)5-2;1-3-4-2;5*1-3-2;1-3-4(2)5;1-3-4-2;2*1-3-2/h3-4H,1-2H3;3-4H,1-2H3;1-2H3;1-2H3;3H,1-2H3;1-2H3,(H,4,5);4H,3H2,1-2H3;3H,1-2H3;2*1-2H3;3H2,1-2H3;5*3H2,1-2H3;1-2H3;1-2H3;3H,1-2H3;1-2H3/b;4-3+;;;4-3-;;;;;;;;;;;;;;;. The Morgan fingerprint density at radius 3 is 0.790 bits per heavy atom. The van der Waals surface area contributed by atoms with Crippen LogP contribution in [0.5, 0.6) is 0 Å². The van der Waals surface area contributed by atoms with Gasteiger partial charge < -0.3 is 45.6 Å². The maximum atomic E-state index is 9.78. The number of hydroxylamine groups is 2. The van der Waals surface area contributed by atoms with Crippen LogP contribution in [0, 0.1) is 22.3 Å². The van der Waals surface area contributed by atoms with Crippen molar-refractivity contribution in [2.45, 2.75) is 178 Å². The molecule has 22 heteroatoms. The molecule has 0 rings (SSSR count). The van der Waals surface area contributed by atoms with Gasteiger partial charge in [0, 0.05) is 124 Å². The average molecular weight is 1190 g/mol. The van der Waals surface area contributed by atoms with Crippen LogP contribution < -0.4 is 16.0 Å². The van der Waals surface area contributed by atoms with Crippen LogP contribution in [0.25, 0.3) is 0 Å². The lowest BCUT2D eigenvalue weighted by Crippen LogP contribution is -2.11. The molecule has 498 valence electrons. The maximum absolute atomic E-state index is 9.78. The van der Waals surface area contributed by atoms with E-state index in [0.717, 1.165) is 17.9 Å². The number of esters is 1. The normalized spacial score (nSPS) is 7.85. The van der Waals surface area contributed by atoms with Crippen molar-refractivity contribution < 1.29 is 38.2 Å². The predicted molar refractivity (Wildman–Crippen MR) is 373 cm³/mol. The number of ether oxygens (including phenoxy) is 3. The second kappa shape index (κ2) is 244. The van der Waals surface area contributed by atoms with E-state index in [1.165, 1.54) is 92.2 Å². The Hall–Kier alpha value is -5.04. The number of carbonyl (C=O) groups is 3. The van der Waals surface area contributed by atoms with E-state index in [1.807, 2.05) is 74.8 Å². The van der Waals surface area contributed by atoms with Gasteiger partial charge in [-0.15, -0.1) is 16.7 Å². The molecule has 0 radical (unpaired) electrons. The molecule has 81 heavy (non-hydrogen) atoms. The molecule has 21 nitrogen and oxygen atoms in total. The Morgan fingerprint density at radius 1 is 0.593 bits per heavy atom. The molecule has 0 aromatic rings. The zero-order valence-electron chi connectivity index (χ0n) is 61.1. The second-order valence-electron chi connectivity index (χ2n) is 12.8. The lowest BCUT2D eigenvalue weighted by molar-refractivity contribution is -0.497. The van der Waals surface area contributed by atoms with Gasteiger partial charge in [0.25, 0.3) is 0 Å². The van der Waals surface area contributed by atoms with Crippen LogP contribution in [0.3, 0.4) is 0 Å². The van der Waals surface area contributed by atoms with E-state index in [9.17, 15) is 24.8 Å². The molecular weight excluding hydrogens is 1050 g/mol. The van der Waals surface area contributed by atoms with E-state index in [1.54, 1.807) is 116 Å². The minimum Gasteiger partial charge on any atom is -0.624 e. The van der Waals surface area contributed by atoms with Gasteiger partial charge in [-0.2, -0.15) is 10.2 Å². The predicted octanol–water partition coefficient (Wildman–Crippen LogP) is 14.1. The van der Waals surface area contributed by atoms with Gasteiger partial charge in [0.05, 0.1) is 20.2 Å². The zero-order chi connectivity index (χ0) is 69.8. The highest BCUT2D eigenvalue weighted by molar-refractivity contribution is 8.12. The summed E-state index contributed by atoms with van der Waals surface area (Å²) >= 11 is 1.24. The first-order chi connectivity index (χ1) is 38.1. The van der Waals surface area contributed by atoms with Gasteiger partial charge in [0.15, 0.2) is 12.2 Å². The molecule has 0 spiro atoms. The van der Waals surface area contributed by atoms with Gasteiger partial charge >= 0.3 is 5.97 Å². The van der Waals surface area contributed by atoms with Gasteiger partial charge in [-0.1, -0.05) is 132 Å². The molecule has 0 aliphatic rings. The van der Waals surface area contributed by atoms with Crippen molar-refractivity contribution in [1.29, 1.82) is 0 Å². The van der Waals surface area contributed by atoms with Gasteiger partial charge in [-0.3, -0.25) is 24.4 Å². The molecule has 0 atom stereocenters. The number of nitrogens with one attached hydrogen (secondary N) is 3. The summed E-state index contributed by atoms with van der Waals surface area (Å²) in [7, 11) is 29.5. The minimum atomic E-state index is -0.245. The average Bonchev–Trinajstić information content (AvgIpc) is 3.45. The largest absolute Gasteiger partial charge is 0.624 e. The number of thioether (sulfide) groups is 1. The van der Waals surface area contributed by atoms with Crippen LogP contribution in [0.1, 0.15) is 178 Å². The van der Waals surface area contributed by atoms with E-state index >= 15 is 0 Å². The Labute approximate surface area is 510 Å².